The van der Waals surface area contributed by atoms with Crippen molar-refractivity contribution in [2.24, 2.45) is 10.9 Å². The van der Waals surface area contributed by atoms with E-state index in [1.165, 1.54) is 12.3 Å². The van der Waals surface area contributed by atoms with Gasteiger partial charge in [-0.05, 0) is 24.2 Å². The van der Waals surface area contributed by atoms with Gasteiger partial charge in [-0.3, -0.25) is 0 Å². The first kappa shape index (κ1) is 21.5. The number of hydrogen-bond donors (Lipinski definition) is 3. The molecule has 150 valence electrons. The highest BCUT2D eigenvalue weighted by molar-refractivity contribution is 6.74. The van der Waals surface area contributed by atoms with Crippen molar-refractivity contribution in [1.29, 1.82) is 0 Å². The molecule has 1 aliphatic heterocycles. The lowest BCUT2D eigenvalue weighted by Gasteiger charge is -2.38. The summed E-state index contributed by atoms with van der Waals surface area (Å²) in [6.07, 6.45) is 1.55. The van der Waals surface area contributed by atoms with Crippen molar-refractivity contribution in [3.05, 3.63) is 22.8 Å². The molecule has 1 fully saturated rings. The summed E-state index contributed by atoms with van der Waals surface area (Å²) in [5.41, 5.74) is 5.91. The second kappa shape index (κ2) is 7.65. The number of rotatable bonds is 5. The Labute approximate surface area is 165 Å². The predicted octanol–water partition coefficient (Wildman–Crippen LogP) is 2.88. The summed E-state index contributed by atoms with van der Waals surface area (Å²) in [4.78, 5) is 17.7. The summed E-state index contributed by atoms with van der Waals surface area (Å²) in [6, 6.07) is 0.722. The number of halogens is 1. The van der Waals surface area contributed by atoms with Crippen molar-refractivity contribution >= 4 is 37.5 Å². The first-order valence-corrected chi connectivity index (χ1v) is 12.0. The zero-order chi connectivity index (χ0) is 20.6. The maximum Gasteiger partial charge on any atom is 0.326 e. The number of hydrogen-bond acceptors (Lipinski definition) is 6. The Morgan fingerprint density at radius 1 is 1.48 bits per heavy atom. The Bertz CT molecular complexity index is 751. The van der Waals surface area contributed by atoms with Crippen LogP contribution in [0.5, 0.6) is 0 Å². The van der Waals surface area contributed by atoms with Gasteiger partial charge in [0.2, 0.25) is 0 Å². The molecule has 2 rings (SSSR count). The van der Waals surface area contributed by atoms with Gasteiger partial charge in [0.1, 0.15) is 11.9 Å². The Morgan fingerprint density at radius 2 is 2.11 bits per heavy atom. The molecule has 0 radical (unpaired) electrons. The van der Waals surface area contributed by atoms with Crippen LogP contribution >= 0.6 is 11.6 Å². The summed E-state index contributed by atoms with van der Waals surface area (Å²) in [5.74, 6) is -0.721. The summed E-state index contributed by atoms with van der Waals surface area (Å²) < 4.78 is 6.41. The van der Waals surface area contributed by atoms with E-state index in [2.05, 4.69) is 44.0 Å². The number of nitrogens with two attached hydrogens (primary N) is 1. The van der Waals surface area contributed by atoms with Gasteiger partial charge in [-0.2, -0.15) is 0 Å². The Hall–Kier alpha value is -1.84. The van der Waals surface area contributed by atoms with Gasteiger partial charge in [0.25, 0.3) is 0 Å². The third-order valence-electron chi connectivity index (χ3n) is 5.31. The number of oxime groups is 1. The van der Waals surface area contributed by atoms with Crippen LogP contribution in [0.15, 0.2) is 17.4 Å². The molecule has 8 nitrogen and oxygen atoms in total. The summed E-state index contributed by atoms with van der Waals surface area (Å²) in [5, 5.41) is 21.6. The molecule has 2 atom stereocenters. The van der Waals surface area contributed by atoms with E-state index >= 15 is 0 Å². The monoisotopic (exact) mass is 414 g/mol. The van der Waals surface area contributed by atoms with E-state index in [9.17, 15) is 9.90 Å². The molecule has 0 bridgehead atoms. The lowest BCUT2D eigenvalue weighted by atomic mass is 10.2. The van der Waals surface area contributed by atoms with E-state index in [0.29, 0.717) is 24.3 Å². The number of carboxylic acids is 1. The lowest BCUT2D eigenvalue weighted by molar-refractivity contribution is -0.138. The van der Waals surface area contributed by atoms with Gasteiger partial charge in [0.15, 0.2) is 14.2 Å². The van der Waals surface area contributed by atoms with Gasteiger partial charge in [0.05, 0.1) is 11.1 Å². The van der Waals surface area contributed by atoms with Crippen LogP contribution in [0, 0.1) is 0 Å². The SMILES string of the molecule is CC(C)(C)[Si](C)(C)O[C@@H]1C[C@@H](C(=O)O)N(c2ncc(/C(N)=N\O)cc2Cl)C1. The molecule has 0 aromatic carbocycles. The summed E-state index contributed by atoms with van der Waals surface area (Å²) in [6.45, 7) is 11.1. The first-order valence-electron chi connectivity index (χ1n) is 8.68. The Morgan fingerprint density at radius 3 is 2.59 bits per heavy atom. The van der Waals surface area contributed by atoms with E-state index in [-0.39, 0.29) is 22.0 Å². The molecule has 0 unspecified atom stereocenters. The number of pyridine rings is 1. The number of amidine groups is 1. The molecule has 0 saturated carbocycles. The van der Waals surface area contributed by atoms with Crippen molar-refractivity contribution in [3.8, 4) is 0 Å². The van der Waals surface area contributed by atoms with Gasteiger partial charge in [-0.25, -0.2) is 9.78 Å². The van der Waals surface area contributed by atoms with E-state index in [4.69, 9.17) is 27.0 Å². The average Bonchev–Trinajstić information content (AvgIpc) is 2.96. The van der Waals surface area contributed by atoms with Crippen LogP contribution < -0.4 is 10.6 Å². The van der Waals surface area contributed by atoms with E-state index < -0.39 is 20.3 Å². The van der Waals surface area contributed by atoms with Crippen molar-refractivity contribution in [2.75, 3.05) is 11.4 Å². The van der Waals surface area contributed by atoms with Crippen LogP contribution in [0.3, 0.4) is 0 Å². The molecule has 0 amide bonds. The second-order valence-corrected chi connectivity index (χ2v) is 13.4. The van der Waals surface area contributed by atoms with Crippen LogP contribution in [0.25, 0.3) is 0 Å². The smallest absolute Gasteiger partial charge is 0.326 e. The zero-order valence-electron chi connectivity index (χ0n) is 16.2. The third kappa shape index (κ3) is 4.53. The molecular formula is C17H27ClN4O4Si. The van der Waals surface area contributed by atoms with Gasteiger partial charge in [-0.15, -0.1) is 0 Å². The fourth-order valence-corrected chi connectivity index (χ4v) is 4.42. The van der Waals surface area contributed by atoms with Crippen molar-refractivity contribution in [3.63, 3.8) is 0 Å². The number of aromatic nitrogens is 1. The molecule has 1 aromatic heterocycles. The Balaban J connectivity index is 2.29. The zero-order valence-corrected chi connectivity index (χ0v) is 18.0. The minimum absolute atomic E-state index is 0.0256. The van der Waals surface area contributed by atoms with E-state index in [1.807, 2.05) is 0 Å². The van der Waals surface area contributed by atoms with Crippen LogP contribution in [0.4, 0.5) is 5.82 Å². The number of nitrogens with zero attached hydrogens (tertiary/aromatic N) is 3. The molecule has 1 aromatic rings. The molecule has 1 aliphatic rings. The second-order valence-electron chi connectivity index (χ2n) is 8.26. The summed E-state index contributed by atoms with van der Waals surface area (Å²) >= 11 is 6.31. The van der Waals surface area contributed by atoms with Crippen LogP contribution in [0.1, 0.15) is 32.8 Å². The van der Waals surface area contributed by atoms with E-state index in [1.54, 1.807) is 4.90 Å². The molecular weight excluding hydrogens is 388 g/mol. The first-order chi connectivity index (χ1) is 12.4. The highest BCUT2D eigenvalue weighted by Gasteiger charge is 2.45. The molecule has 0 spiro atoms. The molecule has 4 N–H and O–H groups in total. The highest BCUT2D eigenvalue weighted by atomic mass is 35.5. The molecule has 10 heteroatoms. The number of carboxylic acid groups (broad SMARTS) is 1. The lowest BCUT2D eigenvalue weighted by Crippen LogP contribution is -2.44. The fraction of sp³-hybridized carbons (Fsp3) is 0.588. The van der Waals surface area contributed by atoms with Crippen LogP contribution in [-0.4, -0.2) is 54.1 Å². The third-order valence-corrected chi connectivity index (χ3v) is 10.1. The number of anilines is 1. The topological polar surface area (TPSA) is 121 Å². The van der Waals surface area contributed by atoms with Gasteiger partial charge in [0, 0.05) is 24.7 Å². The molecule has 0 aliphatic carbocycles. The fourth-order valence-electron chi connectivity index (χ4n) is 2.78. The van der Waals surface area contributed by atoms with Crippen LogP contribution in [0.2, 0.25) is 23.2 Å². The average molecular weight is 415 g/mol. The minimum atomic E-state index is -2.04. The standard InChI is InChI=1S/C17H27ClN4O4Si/c1-17(2,3)27(4,5)26-11-7-13(16(23)24)22(9-11)15-12(18)6-10(8-20-15)14(19)21-25/h6,8,11,13,25H,7,9H2,1-5H3,(H2,19,21)(H,23,24)/t11-,13+/m1/s1. The van der Waals surface area contributed by atoms with Crippen LogP contribution in [-0.2, 0) is 9.22 Å². The maximum absolute atomic E-state index is 11.8. The number of carbonyl (C=O) groups is 1. The normalized spacial score (nSPS) is 21.6. The highest BCUT2D eigenvalue weighted by Crippen LogP contribution is 2.40. The van der Waals surface area contributed by atoms with Crippen molar-refractivity contribution in [2.45, 2.75) is 57.5 Å². The van der Waals surface area contributed by atoms with Crippen molar-refractivity contribution < 1.29 is 19.5 Å². The molecule has 2 heterocycles. The Kier molecular flexibility index (Phi) is 6.08. The number of aliphatic carboxylic acids is 1. The van der Waals surface area contributed by atoms with Gasteiger partial charge in [-0.1, -0.05) is 37.5 Å². The van der Waals surface area contributed by atoms with E-state index in [0.717, 1.165) is 0 Å². The predicted molar refractivity (Wildman–Crippen MR) is 107 cm³/mol. The molecule has 27 heavy (non-hydrogen) atoms. The maximum atomic E-state index is 11.8. The largest absolute Gasteiger partial charge is 0.480 e. The summed E-state index contributed by atoms with van der Waals surface area (Å²) in [7, 11) is -2.04. The van der Waals surface area contributed by atoms with Gasteiger partial charge < -0.3 is 25.4 Å². The molecule has 1 saturated heterocycles. The minimum Gasteiger partial charge on any atom is -0.480 e. The quantitative estimate of drug-likeness (QED) is 0.222. The van der Waals surface area contributed by atoms with Gasteiger partial charge >= 0.3 is 5.97 Å². The van der Waals surface area contributed by atoms with Crippen molar-refractivity contribution in [1.82, 2.24) is 4.98 Å².